The zero-order valence-corrected chi connectivity index (χ0v) is 19.2. The number of alkyl halides is 3. The molecule has 32 heavy (non-hydrogen) atoms. The molecule has 0 aliphatic carbocycles. The van der Waals surface area contributed by atoms with Crippen LogP contribution in [0.3, 0.4) is 0 Å². The highest BCUT2D eigenvalue weighted by Gasteiger charge is 2.36. The van der Waals surface area contributed by atoms with Gasteiger partial charge in [-0.25, -0.2) is 4.98 Å². The number of aromatic nitrogens is 2. The number of nitrogens with zero attached hydrogens (tertiary/aromatic N) is 3. The van der Waals surface area contributed by atoms with Crippen LogP contribution in [0, 0.1) is 0 Å². The molecular formula is C24H34F3N3O2. The van der Waals surface area contributed by atoms with Crippen molar-refractivity contribution in [3.05, 3.63) is 36.0 Å². The lowest BCUT2D eigenvalue weighted by molar-refractivity contribution is -0.137. The smallest absolute Gasteiger partial charge is 0.421 e. The minimum atomic E-state index is -4.59. The Morgan fingerprint density at radius 3 is 2.19 bits per heavy atom. The highest BCUT2D eigenvalue weighted by Crippen LogP contribution is 2.38. The van der Waals surface area contributed by atoms with Gasteiger partial charge in [-0.1, -0.05) is 58.4 Å². The Kier molecular flexibility index (Phi) is 10.6. The lowest BCUT2D eigenvalue weighted by Crippen LogP contribution is -2.19. The van der Waals surface area contributed by atoms with Gasteiger partial charge >= 0.3 is 12.2 Å². The number of benzene rings is 1. The predicted molar refractivity (Wildman–Crippen MR) is 121 cm³/mol. The summed E-state index contributed by atoms with van der Waals surface area (Å²) in [5.41, 5.74) is -0.377. The summed E-state index contributed by atoms with van der Waals surface area (Å²) in [6, 6.07) is 6.93. The summed E-state index contributed by atoms with van der Waals surface area (Å²) < 4.78 is 52.2. The first-order valence-corrected chi connectivity index (χ1v) is 11.4. The molecule has 1 heterocycles. The van der Waals surface area contributed by atoms with E-state index in [4.69, 9.17) is 9.47 Å². The van der Waals surface area contributed by atoms with Crippen LogP contribution in [0.15, 0.2) is 30.5 Å². The SMILES string of the molecule is CCCCCCOc1cccc(N(C)c2nc(OCCCCCC)ncc2C(F)(F)F)c1. The van der Waals surface area contributed by atoms with Crippen molar-refractivity contribution in [3.8, 4) is 11.8 Å². The third kappa shape index (κ3) is 8.20. The molecule has 0 amide bonds. The van der Waals surface area contributed by atoms with Crippen LogP contribution < -0.4 is 14.4 Å². The van der Waals surface area contributed by atoms with Gasteiger partial charge in [-0.15, -0.1) is 0 Å². The average Bonchev–Trinajstić information content (AvgIpc) is 2.77. The Hall–Kier alpha value is -2.51. The lowest BCUT2D eigenvalue weighted by atomic mass is 10.2. The van der Waals surface area contributed by atoms with E-state index < -0.39 is 11.7 Å². The molecule has 8 heteroatoms. The van der Waals surface area contributed by atoms with E-state index in [2.05, 4.69) is 23.8 Å². The number of unbranched alkanes of at least 4 members (excludes halogenated alkanes) is 6. The van der Waals surface area contributed by atoms with E-state index in [1.807, 2.05) is 0 Å². The van der Waals surface area contributed by atoms with Crippen LogP contribution in [-0.4, -0.2) is 30.2 Å². The van der Waals surface area contributed by atoms with E-state index >= 15 is 0 Å². The molecule has 0 atom stereocenters. The van der Waals surface area contributed by atoms with Crippen LogP contribution in [0.1, 0.15) is 70.8 Å². The van der Waals surface area contributed by atoms with Gasteiger partial charge in [-0.2, -0.15) is 18.2 Å². The maximum absolute atomic E-state index is 13.6. The zero-order valence-electron chi connectivity index (χ0n) is 19.2. The van der Waals surface area contributed by atoms with Crippen LogP contribution in [0.25, 0.3) is 0 Å². The molecule has 0 fully saturated rings. The van der Waals surface area contributed by atoms with Gasteiger partial charge in [0.1, 0.15) is 11.3 Å². The molecule has 0 aliphatic rings. The number of halogens is 3. The second-order valence-corrected chi connectivity index (χ2v) is 7.76. The largest absolute Gasteiger partial charge is 0.494 e. The molecule has 0 saturated heterocycles. The maximum atomic E-state index is 13.6. The van der Waals surface area contributed by atoms with Crippen LogP contribution in [0.5, 0.6) is 11.8 Å². The molecule has 0 N–H and O–H groups in total. The van der Waals surface area contributed by atoms with E-state index in [1.54, 1.807) is 31.3 Å². The fraction of sp³-hybridized carbons (Fsp3) is 0.583. The number of hydrogen-bond acceptors (Lipinski definition) is 5. The Morgan fingerprint density at radius 1 is 0.906 bits per heavy atom. The average molecular weight is 454 g/mol. The van der Waals surface area contributed by atoms with Gasteiger partial charge in [-0.3, -0.25) is 0 Å². The summed E-state index contributed by atoms with van der Waals surface area (Å²) in [5.74, 6) is 0.358. The van der Waals surface area contributed by atoms with Crippen LogP contribution in [0.4, 0.5) is 24.7 Å². The normalized spacial score (nSPS) is 11.4. The zero-order chi connectivity index (χ0) is 23.4. The molecule has 0 spiro atoms. The minimum Gasteiger partial charge on any atom is -0.494 e. The van der Waals surface area contributed by atoms with Crippen LogP contribution >= 0.6 is 0 Å². The number of anilines is 2. The molecule has 0 radical (unpaired) electrons. The maximum Gasteiger partial charge on any atom is 0.421 e. The number of ether oxygens (including phenoxy) is 2. The summed E-state index contributed by atoms with van der Waals surface area (Å²) >= 11 is 0. The van der Waals surface area contributed by atoms with Crippen molar-refractivity contribution in [3.63, 3.8) is 0 Å². The Labute approximate surface area is 189 Å². The highest BCUT2D eigenvalue weighted by atomic mass is 19.4. The van der Waals surface area contributed by atoms with E-state index in [1.165, 1.54) is 4.90 Å². The fourth-order valence-corrected chi connectivity index (χ4v) is 3.20. The quantitative estimate of drug-likeness (QED) is 0.284. The van der Waals surface area contributed by atoms with Crippen molar-refractivity contribution in [2.24, 2.45) is 0 Å². The second kappa shape index (κ2) is 13.1. The minimum absolute atomic E-state index is 0.0559. The van der Waals surface area contributed by atoms with Gasteiger partial charge < -0.3 is 14.4 Å². The molecule has 0 saturated carbocycles. The molecule has 0 unspecified atom stereocenters. The topological polar surface area (TPSA) is 47.5 Å². The summed E-state index contributed by atoms with van der Waals surface area (Å²) in [6.07, 6.45) is 4.51. The molecule has 0 bridgehead atoms. The molecular weight excluding hydrogens is 419 g/mol. The van der Waals surface area contributed by atoms with Crippen molar-refractivity contribution in [1.29, 1.82) is 0 Å². The summed E-state index contributed by atoms with van der Waals surface area (Å²) in [7, 11) is 1.54. The van der Waals surface area contributed by atoms with E-state index in [9.17, 15) is 13.2 Å². The second-order valence-electron chi connectivity index (χ2n) is 7.76. The van der Waals surface area contributed by atoms with Crippen LogP contribution in [0.2, 0.25) is 0 Å². The molecule has 0 aliphatic heterocycles. The number of rotatable bonds is 14. The molecule has 5 nitrogen and oxygen atoms in total. The highest BCUT2D eigenvalue weighted by molar-refractivity contribution is 5.64. The lowest BCUT2D eigenvalue weighted by Gasteiger charge is -2.23. The van der Waals surface area contributed by atoms with Crippen LogP contribution in [-0.2, 0) is 6.18 Å². The van der Waals surface area contributed by atoms with Gasteiger partial charge in [0.05, 0.1) is 13.2 Å². The van der Waals surface area contributed by atoms with Crippen molar-refractivity contribution >= 4 is 11.5 Å². The van der Waals surface area contributed by atoms with E-state index in [0.29, 0.717) is 24.7 Å². The fourth-order valence-electron chi connectivity index (χ4n) is 3.20. The first kappa shape index (κ1) is 25.7. The molecule has 1 aromatic heterocycles. The van der Waals surface area contributed by atoms with Gasteiger partial charge in [-0.05, 0) is 25.0 Å². The number of hydrogen-bond donors (Lipinski definition) is 0. The predicted octanol–water partition coefficient (Wildman–Crippen LogP) is 7.18. The van der Waals surface area contributed by atoms with E-state index in [-0.39, 0.29) is 11.8 Å². The monoisotopic (exact) mass is 453 g/mol. The summed E-state index contributed by atoms with van der Waals surface area (Å²) in [5, 5.41) is 0. The van der Waals surface area contributed by atoms with Gasteiger partial charge in [0.25, 0.3) is 0 Å². The Balaban J connectivity index is 2.16. The first-order chi connectivity index (χ1) is 15.4. The van der Waals surface area contributed by atoms with Crippen molar-refractivity contribution in [2.75, 3.05) is 25.2 Å². The van der Waals surface area contributed by atoms with Crippen molar-refractivity contribution < 1.29 is 22.6 Å². The first-order valence-electron chi connectivity index (χ1n) is 11.4. The van der Waals surface area contributed by atoms with Gasteiger partial charge in [0.15, 0.2) is 5.82 Å². The summed E-state index contributed by atoms with van der Waals surface area (Å²) in [6.45, 7) is 5.19. The third-order valence-electron chi connectivity index (χ3n) is 5.07. The standard InChI is InChI=1S/C24H34F3N3O2/c1-4-6-8-10-15-31-20-14-12-13-19(17-20)30(3)22-21(24(25,26)27)18-28-23(29-22)32-16-11-9-7-5-2/h12-14,17-18H,4-11,15-16H2,1-3H3. The van der Waals surface area contributed by atoms with Crippen molar-refractivity contribution in [1.82, 2.24) is 9.97 Å². The molecule has 178 valence electrons. The summed E-state index contributed by atoms with van der Waals surface area (Å²) in [4.78, 5) is 9.26. The third-order valence-corrected chi connectivity index (χ3v) is 5.07. The molecule has 1 aromatic carbocycles. The van der Waals surface area contributed by atoms with Gasteiger partial charge in [0.2, 0.25) is 0 Å². The Bertz CT molecular complexity index is 815. The van der Waals surface area contributed by atoms with Crippen molar-refractivity contribution in [2.45, 2.75) is 71.4 Å². The Morgan fingerprint density at radius 2 is 1.56 bits per heavy atom. The molecule has 2 rings (SSSR count). The molecule has 2 aromatic rings. The van der Waals surface area contributed by atoms with E-state index in [0.717, 1.165) is 57.6 Å². The van der Waals surface area contributed by atoms with Gasteiger partial charge in [0, 0.05) is 25.0 Å².